The van der Waals surface area contributed by atoms with Crippen molar-refractivity contribution in [2.24, 2.45) is 0 Å². The van der Waals surface area contributed by atoms with Gasteiger partial charge in [0.15, 0.2) is 0 Å². The fourth-order valence-electron chi connectivity index (χ4n) is 6.62. The molecule has 0 aliphatic heterocycles. The van der Waals surface area contributed by atoms with Crippen LogP contribution in [0.15, 0.2) is 115 Å². The Labute approximate surface area is 363 Å². The van der Waals surface area contributed by atoms with Gasteiger partial charge in [-0.2, -0.15) is 0 Å². The van der Waals surface area contributed by atoms with Gasteiger partial charge in [-0.05, 0) is 96.2 Å². The van der Waals surface area contributed by atoms with Crippen molar-refractivity contribution >= 4 is 35.7 Å². The van der Waals surface area contributed by atoms with Crippen molar-refractivity contribution < 1.29 is 43.3 Å². The van der Waals surface area contributed by atoms with Gasteiger partial charge in [0.05, 0.1) is 0 Å². The van der Waals surface area contributed by atoms with E-state index in [1.54, 1.807) is 45.0 Å². The SMILES string of the molecule is CC(C)(C)OC(=O)NC(Cc1ccc(OC(C)(C)C)cc1)C(=O)NC(C)(C)C(=O)NC(CCC(=O)NC(c1ccccc1)(c1ccccc1)c1ccccc1)C(=O)NCC(=O)O. The molecular formula is C48H59N5O9. The maximum Gasteiger partial charge on any atom is 0.408 e. The Hall–Kier alpha value is -6.70. The van der Waals surface area contributed by atoms with Crippen LogP contribution in [0.4, 0.5) is 4.79 Å². The zero-order chi connectivity index (χ0) is 45.7. The van der Waals surface area contributed by atoms with Crippen molar-refractivity contribution in [1.82, 2.24) is 26.6 Å². The van der Waals surface area contributed by atoms with E-state index in [2.05, 4.69) is 26.6 Å². The van der Waals surface area contributed by atoms with Crippen LogP contribution in [0.25, 0.3) is 0 Å². The van der Waals surface area contributed by atoms with Crippen molar-refractivity contribution in [2.45, 2.75) is 109 Å². The van der Waals surface area contributed by atoms with Crippen LogP contribution in [0.2, 0.25) is 0 Å². The van der Waals surface area contributed by atoms with Crippen LogP contribution in [0.5, 0.6) is 5.75 Å². The van der Waals surface area contributed by atoms with Crippen molar-refractivity contribution in [1.29, 1.82) is 0 Å². The summed E-state index contributed by atoms with van der Waals surface area (Å²) in [5, 5.41) is 22.7. The third-order valence-corrected chi connectivity index (χ3v) is 9.44. The minimum atomic E-state index is -1.69. The van der Waals surface area contributed by atoms with Gasteiger partial charge in [0.1, 0.15) is 46.7 Å². The maximum absolute atomic E-state index is 14.1. The molecule has 2 atom stereocenters. The van der Waals surface area contributed by atoms with Crippen LogP contribution in [0.1, 0.15) is 90.5 Å². The topological polar surface area (TPSA) is 201 Å². The predicted octanol–water partition coefficient (Wildman–Crippen LogP) is 5.77. The monoisotopic (exact) mass is 849 g/mol. The Morgan fingerprint density at radius 3 is 1.55 bits per heavy atom. The standard InChI is InChI=1S/C48H59N5O9/c1-45(2,3)61-36-26-24-32(25-27-36)30-38(51-44(60)62-46(4,5)6)42(58)53-47(7,8)43(59)50-37(41(57)49-31-40(55)56)28-29-39(54)52-48(33-18-12-9-13-19-33,34-20-14-10-15-21-34)35-22-16-11-17-23-35/h9-27,37-38H,28-31H2,1-8H3,(H,49,57)(H,50,59)(H,51,60)(H,52,54)(H,53,58)(H,55,56). The zero-order valence-electron chi connectivity index (χ0n) is 36.7. The molecule has 62 heavy (non-hydrogen) atoms. The summed E-state index contributed by atoms with van der Waals surface area (Å²) in [5.41, 5.74) is -1.13. The molecule has 0 aliphatic carbocycles. The summed E-state index contributed by atoms with van der Waals surface area (Å²) in [6.45, 7) is 12.9. The van der Waals surface area contributed by atoms with Gasteiger partial charge < -0.3 is 41.2 Å². The molecule has 0 aliphatic rings. The fraction of sp³-hybridized carbons (Fsp3) is 0.375. The lowest BCUT2D eigenvalue weighted by atomic mass is 9.77. The Morgan fingerprint density at radius 1 is 0.597 bits per heavy atom. The second kappa shape index (κ2) is 20.7. The van der Waals surface area contributed by atoms with E-state index in [-0.39, 0.29) is 19.3 Å². The quantitative estimate of drug-likeness (QED) is 0.0673. The molecular weight excluding hydrogens is 791 g/mol. The van der Waals surface area contributed by atoms with Crippen molar-refractivity contribution in [3.8, 4) is 5.75 Å². The third kappa shape index (κ3) is 14.2. The van der Waals surface area contributed by atoms with Crippen LogP contribution < -0.4 is 31.3 Å². The first-order valence-electron chi connectivity index (χ1n) is 20.5. The normalized spacial score (nSPS) is 12.8. The van der Waals surface area contributed by atoms with Crippen LogP contribution in [-0.2, 0) is 40.7 Å². The van der Waals surface area contributed by atoms with Gasteiger partial charge in [0, 0.05) is 12.8 Å². The Balaban J connectivity index is 1.56. The Bertz CT molecular complexity index is 2050. The highest BCUT2D eigenvalue weighted by Gasteiger charge is 2.39. The molecule has 330 valence electrons. The second-order valence-corrected chi connectivity index (χ2v) is 17.4. The number of amides is 5. The van der Waals surface area contributed by atoms with E-state index >= 15 is 0 Å². The van der Waals surface area contributed by atoms with Gasteiger partial charge in [-0.3, -0.25) is 24.0 Å². The number of ether oxygens (including phenoxy) is 2. The highest BCUT2D eigenvalue weighted by Crippen LogP contribution is 2.37. The number of benzene rings is 4. The lowest BCUT2D eigenvalue weighted by Crippen LogP contribution is -2.62. The van der Waals surface area contributed by atoms with E-state index in [0.717, 1.165) is 16.7 Å². The van der Waals surface area contributed by atoms with E-state index in [4.69, 9.17) is 9.47 Å². The smallest absolute Gasteiger partial charge is 0.408 e. The van der Waals surface area contributed by atoms with Crippen LogP contribution in [-0.4, -0.2) is 76.2 Å². The predicted molar refractivity (Wildman–Crippen MR) is 235 cm³/mol. The molecule has 4 rings (SSSR count). The summed E-state index contributed by atoms with van der Waals surface area (Å²) >= 11 is 0. The summed E-state index contributed by atoms with van der Waals surface area (Å²) in [5.74, 6) is -3.55. The van der Waals surface area contributed by atoms with E-state index in [1.807, 2.05) is 112 Å². The molecule has 0 saturated heterocycles. The molecule has 4 aromatic rings. The van der Waals surface area contributed by atoms with E-state index in [9.17, 15) is 33.9 Å². The van der Waals surface area contributed by atoms with Crippen LogP contribution in [0, 0.1) is 0 Å². The first-order valence-corrected chi connectivity index (χ1v) is 20.5. The summed E-state index contributed by atoms with van der Waals surface area (Å²) in [7, 11) is 0. The lowest BCUT2D eigenvalue weighted by Gasteiger charge is -2.37. The van der Waals surface area contributed by atoms with Gasteiger partial charge in [0.25, 0.3) is 0 Å². The van der Waals surface area contributed by atoms with Crippen molar-refractivity contribution in [2.75, 3.05) is 6.54 Å². The molecule has 0 aromatic heterocycles. The van der Waals surface area contributed by atoms with Gasteiger partial charge in [-0.25, -0.2) is 4.79 Å². The Morgan fingerprint density at radius 2 is 1.10 bits per heavy atom. The van der Waals surface area contributed by atoms with Crippen LogP contribution >= 0.6 is 0 Å². The summed E-state index contributed by atoms with van der Waals surface area (Å²) in [6, 6.07) is 32.7. The molecule has 0 heterocycles. The number of rotatable bonds is 18. The van der Waals surface area contributed by atoms with Crippen molar-refractivity contribution in [3.05, 3.63) is 138 Å². The highest BCUT2D eigenvalue weighted by molar-refractivity contribution is 5.96. The number of carbonyl (C=O) groups excluding carboxylic acids is 5. The molecule has 0 bridgehead atoms. The Kier molecular flexibility index (Phi) is 16.0. The average Bonchev–Trinajstić information content (AvgIpc) is 3.20. The molecule has 0 fully saturated rings. The number of carboxylic acids is 1. The fourth-order valence-corrected chi connectivity index (χ4v) is 6.62. The van der Waals surface area contributed by atoms with Gasteiger partial charge in [-0.15, -0.1) is 0 Å². The number of hydrogen-bond donors (Lipinski definition) is 6. The zero-order valence-corrected chi connectivity index (χ0v) is 36.7. The number of carbonyl (C=O) groups is 6. The van der Waals surface area contributed by atoms with E-state index < -0.39 is 76.6 Å². The molecule has 0 saturated carbocycles. The van der Waals surface area contributed by atoms with Crippen LogP contribution in [0.3, 0.4) is 0 Å². The van der Waals surface area contributed by atoms with E-state index in [1.165, 1.54) is 13.8 Å². The molecule has 14 nitrogen and oxygen atoms in total. The third-order valence-electron chi connectivity index (χ3n) is 9.44. The molecule has 2 unspecified atom stereocenters. The summed E-state index contributed by atoms with van der Waals surface area (Å²) in [4.78, 5) is 79.8. The second-order valence-electron chi connectivity index (χ2n) is 17.4. The molecule has 4 aromatic carbocycles. The minimum absolute atomic E-state index is 0.0182. The number of carboxylic acid groups (broad SMARTS) is 1. The van der Waals surface area contributed by atoms with Crippen molar-refractivity contribution in [3.63, 3.8) is 0 Å². The molecule has 5 amide bonds. The van der Waals surface area contributed by atoms with Gasteiger partial charge in [0.2, 0.25) is 23.6 Å². The number of nitrogens with one attached hydrogen (secondary N) is 5. The number of hydrogen-bond acceptors (Lipinski definition) is 8. The maximum atomic E-state index is 14.1. The van der Waals surface area contributed by atoms with Gasteiger partial charge >= 0.3 is 12.1 Å². The number of aliphatic carboxylic acids is 1. The first-order chi connectivity index (χ1) is 29.1. The molecule has 0 radical (unpaired) electrons. The lowest BCUT2D eigenvalue weighted by molar-refractivity contribution is -0.139. The number of alkyl carbamates (subject to hydrolysis) is 1. The molecule has 6 N–H and O–H groups in total. The first kappa shape index (κ1) is 48.0. The van der Waals surface area contributed by atoms with E-state index in [0.29, 0.717) is 11.3 Å². The molecule has 0 spiro atoms. The molecule has 14 heteroatoms. The minimum Gasteiger partial charge on any atom is -0.488 e. The largest absolute Gasteiger partial charge is 0.488 e. The summed E-state index contributed by atoms with van der Waals surface area (Å²) in [6.07, 6.45) is -1.34. The van der Waals surface area contributed by atoms with Gasteiger partial charge in [-0.1, -0.05) is 103 Å². The average molecular weight is 850 g/mol. The highest BCUT2D eigenvalue weighted by atomic mass is 16.6. The summed E-state index contributed by atoms with van der Waals surface area (Å²) < 4.78 is 11.3.